The van der Waals surface area contributed by atoms with Crippen molar-refractivity contribution in [3.63, 3.8) is 0 Å². The van der Waals surface area contributed by atoms with Gasteiger partial charge in [-0.3, -0.25) is 14.9 Å². The Kier molecular flexibility index (Phi) is 3.54. The minimum atomic E-state index is -0.813. The van der Waals surface area contributed by atoms with E-state index in [2.05, 4.69) is 44.4 Å². The highest BCUT2D eigenvalue weighted by Gasteiger charge is 2.61. The summed E-state index contributed by atoms with van der Waals surface area (Å²) in [4.78, 5) is 38.0. The van der Waals surface area contributed by atoms with Gasteiger partial charge in [-0.05, 0) is 38.0 Å². The Morgan fingerprint density at radius 2 is 1.83 bits per heavy atom. The third-order valence-corrected chi connectivity index (χ3v) is 5.63. The molecule has 3 aliphatic rings. The first kappa shape index (κ1) is 16.0. The number of nitrogens with one attached hydrogen (secondary N) is 2. The Balaban J connectivity index is 1.65. The van der Waals surface area contributed by atoms with Gasteiger partial charge in [0.15, 0.2) is 0 Å². The quantitative estimate of drug-likeness (QED) is 0.597. The maximum Gasteiger partial charge on any atom is 0.322 e. The van der Waals surface area contributed by atoms with Gasteiger partial charge in [-0.2, -0.15) is 0 Å². The molecule has 0 aromatic heterocycles. The molecule has 0 aromatic carbocycles. The van der Waals surface area contributed by atoms with Gasteiger partial charge in [0, 0.05) is 13.1 Å². The lowest BCUT2D eigenvalue weighted by atomic mass is 9.87. The molecule has 23 heavy (non-hydrogen) atoms. The summed E-state index contributed by atoms with van der Waals surface area (Å²) in [5.74, 6) is 0.240. The van der Waals surface area contributed by atoms with Crippen molar-refractivity contribution in [3.8, 4) is 0 Å². The molecule has 6 nitrogen and oxygen atoms in total. The lowest BCUT2D eigenvalue weighted by Crippen LogP contribution is -2.56. The first-order valence-electron chi connectivity index (χ1n) is 8.25. The summed E-state index contributed by atoms with van der Waals surface area (Å²) < 4.78 is 0. The lowest BCUT2D eigenvalue weighted by Gasteiger charge is -2.37. The van der Waals surface area contributed by atoms with Crippen molar-refractivity contribution in [1.29, 1.82) is 0 Å². The molecule has 0 radical (unpaired) electrons. The summed E-state index contributed by atoms with van der Waals surface area (Å²) in [5, 5.41) is 5.03. The molecule has 3 fully saturated rings. The zero-order valence-electron chi connectivity index (χ0n) is 14.2. The molecule has 0 unspecified atom stereocenters. The molecule has 2 aliphatic heterocycles. The van der Waals surface area contributed by atoms with E-state index in [0.717, 1.165) is 0 Å². The van der Waals surface area contributed by atoms with E-state index in [1.54, 1.807) is 0 Å². The molecule has 1 aliphatic carbocycles. The van der Waals surface area contributed by atoms with E-state index in [0.29, 0.717) is 31.8 Å². The topological polar surface area (TPSA) is 78.5 Å². The van der Waals surface area contributed by atoms with Crippen molar-refractivity contribution in [1.82, 2.24) is 15.5 Å². The third kappa shape index (κ3) is 2.54. The fraction of sp³-hybridized carbons (Fsp3) is 0.706. The van der Waals surface area contributed by atoms with E-state index in [-0.39, 0.29) is 23.1 Å². The molecule has 0 aromatic rings. The molecule has 2 N–H and O–H groups in total. The van der Waals surface area contributed by atoms with Crippen LogP contribution in [0.15, 0.2) is 11.6 Å². The number of allylic oxidation sites excluding steroid dienone is 2. The number of hydrogen-bond donors (Lipinski definition) is 2. The molecule has 2 heterocycles. The Hall–Kier alpha value is -1.85. The average Bonchev–Trinajstić information content (AvgIpc) is 2.85. The monoisotopic (exact) mass is 319 g/mol. The predicted octanol–water partition coefficient (Wildman–Crippen LogP) is 1.43. The maximum atomic E-state index is 12.8. The van der Waals surface area contributed by atoms with Crippen molar-refractivity contribution in [2.45, 2.75) is 46.1 Å². The van der Waals surface area contributed by atoms with Gasteiger partial charge in [0.2, 0.25) is 5.91 Å². The van der Waals surface area contributed by atoms with Gasteiger partial charge >= 0.3 is 6.03 Å². The van der Waals surface area contributed by atoms with Crippen LogP contribution in [0, 0.1) is 17.3 Å². The number of hydrogen-bond acceptors (Lipinski definition) is 3. The SMILES string of the molecule is CC(C)=C[C@@H]1[C@@H](C(=O)N2CCC3(CC2)NC(=O)NC3=O)C1(C)C. The largest absolute Gasteiger partial charge is 0.342 e. The van der Waals surface area contributed by atoms with Crippen LogP contribution in [0.5, 0.6) is 0 Å². The minimum absolute atomic E-state index is 0.00242. The molecule has 0 bridgehead atoms. The van der Waals surface area contributed by atoms with Gasteiger partial charge in [-0.15, -0.1) is 0 Å². The summed E-state index contributed by atoms with van der Waals surface area (Å²) in [6.45, 7) is 9.41. The Bertz CT molecular complexity index is 596. The van der Waals surface area contributed by atoms with Crippen molar-refractivity contribution in [3.05, 3.63) is 11.6 Å². The molecule has 2 saturated heterocycles. The standard InChI is InChI=1S/C17H25N3O3/c1-10(2)9-11-12(16(11,3)4)13(21)20-7-5-17(6-8-20)14(22)18-15(23)19-17/h9,11-12H,5-8H2,1-4H3,(H2,18,19,22,23)/t11-,12+/m1/s1. The highest BCUT2D eigenvalue weighted by atomic mass is 16.2. The number of piperidine rings is 1. The number of imide groups is 1. The Morgan fingerprint density at radius 1 is 1.22 bits per heavy atom. The van der Waals surface area contributed by atoms with Crippen LogP contribution in [0.2, 0.25) is 0 Å². The number of amides is 4. The molecular weight excluding hydrogens is 294 g/mol. The van der Waals surface area contributed by atoms with Gasteiger partial charge in [0.05, 0.1) is 5.92 Å². The first-order chi connectivity index (χ1) is 10.7. The van der Waals surface area contributed by atoms with Crippen molar-refractivity contribution < 1.29 is 14.4 Å². The van der Waals surface area contributed by atoms with E-state index in [4.69, 9.17) is 0 Å². The normalized spacial score (nSPS) is 30.7. The second-order valence-electron chi connectivity index (χ2n) is 7.88. The van der Waals surface area contributed by atoms with Crippen LogP contribution in [0.25, 0.3) is 0 Å². The number of rotatable bonds is 2. The number of carbonyl (C=O) groups excluding carboxylic acids is 3. The number of urea groups is 1. The number of nitrogens with zero attached hydrogens (tertiary/aromatic N) is 1. The van der Waals surface area contributed by atoms with Crippen LogP contribution in [0.4, 0.5) is 4.79 Å². The van der Waals surface area contributed by atoms with E-state index in [1.807, 2.05) is 4.90 Å². The van der Waals surface area contributed by atoms with Gasteiger partial charge in [0.1, 0.15) is 5.54 Å². The smallest absolute Gasteiger partial charge is 0.322 e. The summed E-state index contributed by atoms with van der Waals surface area (Å²) >= 11 is 0. The molecule has 3 rings (SSSR count). The molecule has 1 saturated carbocycles. The van der Waals surface area contributed by atoms with Gasteiger partial charge in [-0.1, -0.05) is 25.5 Å². The fourth-order valence-electron chi connectivity index (χ4n) is 4.01. The lowest BCUT2D eigenvalue weighted by molar-refractivity contribution is -0.137. The molecule has 6 heteroatoms. The minimum Gasteiger partial charge on any atom is -0.342 e. The van der Waals surface area contributed by atoms with Crippen molar-refractivity contribution >= 4 is 17.8 Å². The molecular formula is C17H25N3O3. The summed E-state index contributed by atoms with van der Waals surface area (Å²) in [7, 11) is 0. The van der Waals surface area contributed by atoms with Crippen molar-refractivity contribution in [2.24, 2.45) is 17.3 Å². The van der Waals surface area contributed by atoms with Crippen LogP contribution in [0.3, 0.4) is 0 Å². The molecule has 2 atom stereocenters. The van der Waals surface area contributed by atoms with Crippen LogP contribution in [-0.2, 0) is 9.59 Å². The summed E-state index contributed by atoms with van der Waals surface area (Å²) in [6, 6.07) is -0.429. The van der Waals surface area contributed by atoms with Crippen LogP contribution < -0.4 is 10.6 Å². The van der Waals surface area contributed by atoms with E-state index in [1.165, 1.54) is 5.57 Å². The number of carbonyl (C=O) groups is 3. The fourth-order valence-corrected chi connectivity index (χ4v) is 4.01. The zero-order valence-corrected chi connectivity index (χ0v) is 14.2. The first-order valence-corrected chi connectivity index (χ1v) is 8.25. The highest BCUT2D eigenvalue weighted by molar-refractivity contribution is 6.07. The summed E-state index contributed by atoms with van der Waals surface area (Å²) in [6.07, 6.45) is 3.16. The molecule has 4 amide bonds. The molecule has 1 spiro atoms. The zero-order chi connectivity index (χ0) is 17.0. The van der Waals surface area contributed by atoms with E-state index < -0.39 is 11.6 Å². The summed E-state index contributed by atoms with van der Waals surface area (Å²) in [5.41, 5.74) is 0.426. The van der Waals surface area contributed by atoms with Crippen LogP contribution in [-0.4, -0.2) is 41.4 Å². The third-order valence-electron chi connectivity index (χ3n) is 5.63. The van der Waals surface area contributed by atoms with E-state index in [9.17, 15) is 14.4 Å². The van der Waals surface area contributed by atoms with Crippen molar-refractivity contribution in [2.75, 3.05) is 13.1 Å². The predicted molar refractivity (Wildman–Crippen MR) is 85.4 cm³/mol. The van der Waals surface area contributed by atoms with Gasteiger partial charge < -0.3 is 10.2 Å². The van der Waals surface area contributed by atoms with Crippen LogP contribution >= 0.6 is 0 Å². The Labute approximate surface area is 136 Å². The van der Waals surface area contributed by atoms with E-state index >= 15 is 0 Å². The second-order valence-corrected chi connectivity index (χ2v) is 7.88. The maximum absolute atomic E-state index is 12.8. The van der Waals surface area contributed by atoms with Crippen LogP contribution in [0.1, 0.15) is 40.5 Å². The second kappa shape index (κ2) is 5.08. The highest BCUT2D eigenvalue weighted by Crippen LogP contribution is 2.60. The number of likely N-dealkylation sites (tertiary alicyclic amines) is 1. The Morgan fingerprint density at radius 3 is 2.30 bits per heavy atom. The average molecular weight is 319 g/mol. The molecule has 126 valence electrons. The van der Waals surface area contributed by atoms with Gasteiger partial charge in [0.25, 0.3) is 5.91 Å². The van der Waals surface area contributed by atoms with Gasteiger partial charge in [-0.25, -0.2) is 4.79 Å².